The average Bonchev–Trinajstić information content (AvgIpc) is 2.41. The van der Waals surface area contributed by atoms with Crippen LogP contribution < -0.4 is 9.88 Å². The van der Waals surface area contributed by atoms with Crippen LogP contribution in [0.3, 0.4) is 0 Å². The summed E-state index contributed by atoms with van der Waals surface area (Å²) in [7, 11) is 2.09. The molecule has 1 aliphatic rings. The molecule has 0 saturated carbocycles. The maximum Gasteiger partial charge on any atom is 0.278 e. The van der Waals surface area contributed by atoms with Gasteiger partial charge in [-0.1, -0.05) is 0 Å². The topological polar surface area (TPSA) is 15.9 Å². The predicted molar refractivity (Wildman–Crippen MR) is 49.1 cm³/mol. The van der Waals surface area contributed by atoms with Gasteiger partial charge in [0.05, 0.1) is 19.3 Å². The second-order valence-corrected chi connectivity index (χ2v) is 3.69. The van der Waals surface area contributed by atoms with Gasteiger partial charge in [-0.05, 0) is 25.5 Å². The first-order valence-corrected chi connectivity index (χ1v) is 4.43. The minimum absolute atomic E-state index is 0.590. The van der Waals surface area contributed by atoms with Crippen molar-refractivity contribution < 1.29 is 4.57 Å². The number of nitrogens with one attached hydrogen (secondary N) is 1. The molecular formula is C10H15N2+. The van der Waals surface area contributed by atoms with E-state index in [0.717, 1.165) is 6.42 Å². The minimum atomic E-state index is 0.590. The minimum Gasteiger partial charge on any atom is -0.271 e. The van der Waals surface area contributed by atoms with Crippen LogP contribution in [0.2, 0.25) is 0 Å². The van der Waals surface area contributed by atoms with Crippen LogP contribution in [-0.4, -0.2) is 6.04 Å². The van der Waals surface area contributed by atoms with Crippen molar-refractivity contribution in [3.63, 3.8) is 0 Å². The van der Waals surface area contributed by atoms with E-state index in [-0.39, 0.29) is 0 Å². The molecule has 2 heteroatoms. The van der Waals surface area contributed by atoms with Gasteiger partial charge in [0.15, 0.2) is 0 Å². The Morgan fingerprint density at radius 1 is 1.58 bits per heavy atom. The van der Waals surface area contributed by atoms with Gasteiger partial charge < -0.3 is 0 Å². The molecule has 1 atom stereocenters. The summed E-state index contributed by atoms with van der Waals surface area (Å²) in [6.07, 6.45) is 3.27. The van der Waals surface area contributed by atoms with E-state index in [0.29, 0.717) is 6.04 Å². The molecule has 1 N–H and O–H groups in total. The lowest BCUT2D eigenvalue weighted by Crippen LogP contribution is -2.32. The van der Waals surface area contributed by atoms with Crippen LogP contribution in [0.1, 0.15) is 18.1 Å². The molecule has 0 bridgehead atoms. The smallest absolute Gasteiger partial charge is 0.271 e. The lowest BCUT2D eigenvalue weighted by Gasteiger charge is -2.01. The largest absolute Gasteiger partial charge is 0.278 e. The van der Waals surface area contributed by atoms with Crippen molar-refractivity contribution >= 4 is 5.82 Å². The van der Waals surface area contributed by atoms with Crippen LogP contribution in [-0.2, 0) is 13.5 Å². The molecule has 2 heterocycles. The van der Waals surface area contributed by atoms with Gasteiger partial charge in [0, 0.05) is 12.0 Å². The molecule has 64 valence electrons. The number of aromatic nitrogens is 1. The zero-order valence-electron chi connectivity index (χ0n) is 7.89. The molecule has 12 heavy (non-hydrogen) atoms. The molecule has 1 aromatic heterocycles. The Morgan fingerprint density at radius 2 is 2.33 bits per heavy atom. The van der Waals surface area contributed by atoms with E-state index < -0.39 is 0 Å². The van der Waals surface area contributed by atoms with Crippen LogP contribution >= 0.6 is 0 Å². The molecule has 0 spiro atoms. The van der Waals surface area contributed by atoms with Crippen molar-refractivity contribution in [1.82, 2.24) is 0 Å². The van der Waals surface area contributed by atoms with Crippen molar-refractivity contribution in [3.05, 3.63) is 23.4 Å². The van der Waals surface area contributed by atoms with E-state index in [9.17, 15) is 0 Å². The van der Waals surface area contributed by atoms with Gasteiger partial charge >= 0.3 is 0 Å². The third-order valence-electron chi connectivity index (χ3n) is 2.56. The van der Waals surface area contributed by atoms with E-state index in [1.807, 2.05) is 0 Å². The summed E-state index contributed by atoms with van der Waals surface area (Å²) in [5, 5.41) is 3.47. The molecule has 0 amide bonds. The number of hydrogen-bond acceptors (Lipinski definition) is 1. The molecule has 0 radical (unpaired) electrons. The molecule has 1 aromatic rings. The second-order valence-electron chi connectivity index (χ2n) is 3.69. The lowest BCUT2D eigenvalue weighted by atomic mass is 10.1. The second kappa shape index (κ2) is 2.47. The van der Waals surface area contributed by atoms with Crippen molar-refractivity contribution in [2.24, 2.45) is 7.05 Å². The number of nitrogens with zero attached hydrogens (tertiary/aromatic N) is 1. The van der Waals surface area contributed by atoms with Crippen molar-refractivity contribution in [1.29, 1.82) is 0 Å². The zero-order valence-corrected chi connectivity index (χ0v) is 7.89. The van der Waals surface area contributed by atoms with Crippen LogP contribution in [0.15, 0.2) is 12.3 Å². The highest BCUT2D eigenvalue weighted by molar-refractivity contribution is 5.49. The van der Waals surface area contributed by atoms with E-state index >= 15 is 0 Å². The first-order chi connectivity index (χ1) is 5.68. The summed E-state index contributed by atoms with van der Waals surface area (Å²) in [6, 6.07) is 2.77. The fourth-order valence-electron chi connectivity index (χ4n) is 1.84. The van der Waals surface area contributed by atoms with Crippen LogP contribution in [0.25, 0.3) is 0 Å². The summed E-state index contributed by atoms with van der Waals surface area (Å²) in [5.74, 6) is 1.29. The lowest BCUT2D eigenvalue weighted by molar-refractivity contribution is -0.657. The van der Waals surface area contributed by atoms with Gasteiger partial charge in [0.25, 0.3) is 5.82 Å². The molecule has 0 aliphatic carbocycles. The van der Waals surface area contributed by atoms with E-state index in [2.05, 4.69) is 43.0 Å². The Hall–Kier alpha value is -1.05. The normalized spacial score (nSPS) is 20.4. The summed E-state index contributed by atoms with van der Waals surface area (Å²) in [4.78, 5) is 0. The third-order valence-corrected chi connectivity index (χ3v) is 2.56. The van der Waals surface area contributed by atoms with Crippen molar-refractivity contribution in [2.75, 3.05) is 5.32 Å². The Labute approximate surface area is 73.2 Å². The van der Waals surface area contributed by atoms with Gasteiger partial charge in [-0.3, -0.25) is 5.32 Å². The molecule has 0 saturated heterocycles. The maximum absolute atomic E-state index is 3.47. The van der Waals surface area contributed by atoms with E-state index in [1.165, 1.54) is 16.9 Å². The van der Waals surface area contributed by atoms with Crippen LogP contribution in [0.5, 0.6) is 0 Å². The van der Waals surface area contributed by atoms with Gasteiger partial charge in [0.1, 0.15) is 0 Å². The van der Waals surface area contributed by atoms with E-state index in [4.69, 9.17) is 0 Å². The molecule has 1 aliphatic heterocycles. The fourth-order valence-corrected chi connectivity index (χ4v) is 1.84. The first kappa shape index (κ1) is 7.59. The molecule has 2 nitrogen and oxygen atoms in total. The van der Waals surface area contributed by atoms with Gasteiger partial charge in [-0.15, -0.1) is 0 Å². The van der Waals surface area contributed by atoms with Crippen molar-refractivity contribution in [3.8, 4) is 0 Å². The Morgan fingerprint density at radius 3 is 3.00 bits per heavy atom. The average molecular weight is 163 g/mol. The van der Waals surface area contributed by atoms with Crippen LogP contribution in [0, 0.1) is 6.92 Å². The number of fused-ring (bicyclic) bond motifs is 1. The summed E-state index contributed by atoms with van der Waals surface area (Å²) in [5.41, 5.74) is 2.88. The number of rotatable bonds is 0. The first-order valence-electron chi connectivity index (χ1n) is 4.43. The number of anilines is 1. The standard InChI is InChI=1S/C10H14N2/c1-7-4-5-12(3)10-9(7)6-8(2)11-10/h4-5,8H,6H2,1-3H3/p+1. The number of pyridine rings is 1. The molecular weight excluding hydrogens is 148 g/mol. The highest BCUT2D eigenvalue weighted by Gasteiger charge is 2.26. The van der Waals surface area contributed by atoms with Crippen LogP contribution in [0.4, 0.5) is 5.82 Å². The maximum atomic E-state index is 3.47. The van der Waals surface area contributed by atoms with Gasteiger partial charge in [-0.25, -0.2) is 4.57 Å². The third kappa shape index (κ3) is 0.986. The monoisotopic (exact) mass is 163 g/mol. The molecule has 0 aromatic carbocycles. The molecule has 0 fully saturated rings. The molecule has 2 rings (SSSR count). The summed E-state index contributed by atoms with van der Waals surface area (Å²) in [6.45, 7) is 4.40. The number of hydrogen-bond donors (Lipinski definition) is 1. The van der Waals surface area contributed by atoms with Gasteiger partial charge in [-0.2, -0.15) is 0 Å². The van der Waals surface area contributed by atoms with Crippen molar-refractivity contribution in [2.45, 2.75) is 26.3 Å². The zero-order chi connectivity index (χ0) is 8.72. The highest BCUT2D eigenvalue weighted by Crippen LogP contribution is 2.24. The summed E-state index contributed by atoms with van der Waals surface area (Å²) >= 11 is 0. The number of aryl methyl sites for hydroxylation is 2. The Bertz CT molecular complexity index is 287. The summed E-state index contributed by atoms with van der Waals surface area (Å²) < 4.78 is 2.16. The fraction of sp³-hybridized carbons (Fsp3) is 0.500. The molecule has 1 unspecified atom stereocenters. The Kier molecular flexibility index (Phi) is 1.56. The SMILES string of the molecule is Cc1cc[n+](C)c2c1CC(C)N2. The quantitative estimate of drug-likeness (QED) is 0.568. The Balaban J connectivity index is 2.56. The van der Waals surface area contributed by atoms with E-state index in [1.54, 1.807) is 0 Å². The van der Waals surface area contributed by atoms with Gasteiger partial charge in [0.2, 0.25) is 0 Å². The predicted octanol–water partition coefficient (Wildman–Crippen LogP) is 1.18. The highest BCUT2D eigenvalue weighted by atomic mass is 15.1.